The highest BCUT2D eigenvalue weighted by Gasteiger charge is 2.12. The lowest BCUT2D eigenvalue weighted by molar-refractivity contribution is -0.145. The monoisotopic (exact) mass is 267 g/mol. The summed E-state index contributed by atoms with van der Waals surface area (Å²) in [5, 5.41) is 22.4. The number of carbonyl (C=O) groups is 1. The van der Waals surface area contributed by atoms with Gasteiger partial charge < -0.3 is 20.3 Å². The van der Waals surface area contributed by atoms with Gasteiger partial charge in [0.25, 0.3) is 0 Å². The Morgan fingerprint density at radius 3 is 2.58 bits per heavy atom. The van der Waals surface area contributed by atoms with E-state index in [1.807, 2.05) is 30.3 Å². The summed E-state index contributed by atoms with van der Waals surface area (Å²) in [5.41, 5.74) is 0.815. The summed E-state index contributed by atoms with van der Waals surface area (Å²) in [6.45, 7) is 2.59. The standard InChI is InChI=1S/C14H21NO4/c1-2-19-14(18)8-12(16)9-15-10-13(17)11-6-4-3-5-7-11/h3-7,12-13,15-17H,2,8-10H2,1H3. The summed E-state index contributed by atoms with van der Waals surface area (Å²) in [6.07, 6.45) is -1.47. The largest absolute Gasteiger partial charge is 0.466 e. The van der Waals surface area contributed by atoms with Crippen LogP contribution in [0.1, 0.15) is 25.0 Å². The van der Waals surface area contributed by atoms with E-state index in [4.69, 9.17) is 4.74 Å². The van der Waals surface area contributed by atoms with Crippen molar-refractivity contribution in [3.8, 4) is 0 Å². The number of esters is 1. The van der Waals surface area contributed by atoms with Gasteiger partial charge in [-0.25, -0.2) is 0 Å². The summed E-state index contributed by atoms with van der Waals surface area (Å²) in [6, 6.07) is 9.26. The number of nitrogens with one attached hydrogen (secondary N) is 1. The summed E-state index contributed by atoms with van der Waals surface area (Å²) < 4.78 is 4.73. The second-order valence-electron chi connectivity index (χ2n) is 4.25. The molecule has 0 amide bonds. The number of hydrogen-bond donors (Lipinski definition) is 3. The Labute approximate surface area is 113 Å². The number of hydrogen-bond acceptors (Lipinski definition) is 5. The third-order valence-corrected chi connectivity index (χ3v) is 2.61. The highest BCUT2D eigenvalue weighted by Crippen LogP contribution is 2.10. The lowest BCUT2D eigenvalue weighted by Gasteiger charge is -2.14. The fourth-order valence-electron chi connectivity index (χ4n) is 1.66. The van der Waals surface area contributed by atoms with Gasteiger partial charge in [0, 0.05) is 13.1 Å². The fraction of sp³-hybridized carbons (Fsp3) is 0.500. The molecule has 0 radical (unpaired) electrons. The Balaban J connectivity index is 2.21. The summed E-state index contributed by atoms with van der Waals surface area (Å²) in [7, 11) is 0. The van der Waals surface area contributed by atoms with E-state index in [0.29, 0.717) is 13.2 Å². The molecule has 0 spiro atoms. The van der Waals surface area contributed by atoms with Crippen LogP contribution in [0.3, 0.4) is 0 Å². The predicted octanol–water partition coefficient (Wildman–Crippen LogP) is 0.624. The first-order valence-corrected chi connectivity index (χ1v) is 6.41. The third kappa shape index (κ3) is 6.33. The smallest absolute Gasteiger partial charge is 0.308 e. The molecule has 0 aromatic heterocycles. The molecule has 0 aliphatic rings. The van der Waals surface area contributed by atoms with Crippen LogP contribution < -0.4 is 5.32 Å². The molecule has 1 rings (SSSR count). The molecular weight excluding hydrogens is 246 g/mol. The van der Waals surface area contributed by atoms with Crippen molar-refractivity contribution in [3.05, 3.63) is 35.9 Å². The van der Waals surface area contributed by atoms with Gasteiger partial charge >= 0.3 is 5.97 Å². The topological polar surface area (TPSA) is 78.8 Å². The second-order valence-corrected chi connectivity index (χ2v) is 4.25. The van der Waals surface area contributed by atoms with E-state index >= 15 is 0 Å². The van der Waals surface area contributed by atoms with Crippen molar-refractivity contribution >= 4 is 5.97 Å². The van der Waals surface area contributed by atoms with E-state index in [1.165, 1.54) is 0 Å². The normalized spacial score (nSPS) is 13.8. The van der Waals surface area contributed by atoms with Crippen molar-refractivity contribution < 1.29 is 19.7 Å². The lowest BCUT2D eigenvalue weighted by Crippen LogP contribution is -2.32. The molecule has 0 saturated carbocycles. The molecule has 0 bridgehead atoms. The molecule has 2 unspecified atom stereocenters. The second kappa shape index (κ2) is 8.63. The van der Waals surface area contributed by atoms with Crippen LogP contribution >= 0.6 is 0 Å². The first-order valence-electron chi connectivity index (χ1n) is 6.41. The van der Waals surface area contributed by atoms with Gasteiger partial charge in [0.15, 0.2) is 0 Å². The minimum atomic E-state index is -0.804. The molecular formula is C14H21NO4. The quantitative estimate of drug-likeness (QED) is 0.602. The Kier molecular flexibility index (Phi) is 7.10. The number of carbonyl (C=O) groups excluding carboxylic acids is 1. The van der Waals surface area contributed by atoms with Crippen LogP contribution in [0.5, 0.6) is 0 Å². The van der Waals surface area contributed by atoms with E-state index in [1.54, 1.807) is 6.92 Å². The maximum atomic E-state index is 11.1. The van der Waals surface area contributed by atoms with Gasteiger partial charge in [0.05, 0.1) is 25.2 Å². The van der Waals surface area contributed by atoms with Crippen molar-refractivity contribution in [2.24, 2.45) is 0 Å². The highest BCUT2D eigenvalue weighted by atomic mass is 16.5. The SMILES string of the molecule is CCOC(=O)CC(O)CNCC(O)c1ccccc1. The van der Waals surface area contributed by atoms with Crippen LogP contribution in [0.15, 0.2) is 30.3 Å². The Bertz CT molecular complexity index is 369. The molecule has 3 N–H and O–H groups in total. The minimum Gasteiger partial charge on any atom is -0.466 e. The van der Waals surface area contributed by atoms with E-state index in [9.17, 15) is 15.0 Å². The zero-order valence-electron chi connectivity index (χ0n) is 11.1. The van der Waals surface area contributed by atoms with E-state index in [0.717, 1.165) is 5.56 Å². The zero-order chi connectivity index (χ0) is 14.1. The molecule has 0 aliphatic heterocycles. The molecule has 106 valence electrons. The number of benzene rings is 1. The van der Waals surface area contributed by atoms with Gasteiger partial charge in [0.1, 0.15) is 0 Å². The third-order valence-electron chi connectivity index (χ3n) is 2.61. The summed E-state index contributed by atoms with van der Waals surface area (Å²) in [5.74, 6) is -0.416. The van der Waals surface area contributed by atoms with Gasteiger partial charge in [0.2, 0.25) is 0 Å². The molecule has 0 aliphatic carbocycles. The average Bonchev–Trinajstić information content (AvgIpc) is 2.39. The van der Waals surface area contributed by atoms with Crippen LogP contribution in [-0.4, -0.2) is 42.0 Å². The molecule has 19 heavy (non-hydrogen) atoms. The van der Waals surface area contributed by atoms with Gasteiger partial charge in [-0.3, -0.25) is 4.79 Å². The number of rotatable bonds is 8. The zero-order valence-corrected chi connectivity index (χ0v) is 11.1. The summed E-state index contributed by atoms with van der Waals surface area (Å²) in [4.78, 5) is 11.1. The van der Waals surface area contributed by atoms with Crippen molar-refractivity contribution in [1.82, 2.24) is 5.32 Å². The maximum absolute atomic E-state index is 11.1. The van der Waals surface area contributed by atoms with E-state index in [-0.39, 0.29) is 13.0 Å². The van der Waals surface area contributed by atoms with E-state index < -0.39 is 18.2 Å². The van der Waals surface area contributed by atoms with Crippen LogP contribution in [0.25, 0.3) is 0 Å². The lowest BCUT2D eigenvalue weighted by atomic mass is 10.1. The number of ether oxygens (including phenoxy) is 1. The molecule has 1 aromatic rings. The number of aliphatic hydroxyl groups excluding tert-OH is 2. The Hall–Kier alpha value is -1.43. The van der Waals surface area contributed by atoms with Crippen LogP contribution in [0.2, 0.25) is 0 Å². The molecule has 0 fully saturated rings. The van der Waals surface area contributed by atoms with Gasteiger partial charge in [-0.05, 0) is 12.5 Å². The first-order chi connectivity index (χ1) is 9.13. The molecule has 0 saturated heterocycles. The van der Waals surface area contributed by atoms with Gasteiger partial charge in [-0.1, -0.05) is 30.3 Å². The molecule has 0 heterocycles. The van der Waals surface area contributed by atoms with Crippen molar-refractivity contribution in [3.63, 3.8) is 0 Å². The maximum Gasteiger partial charge on any atom is 0.308 e. The molecule has 2 atom stereocenters. The minimum absolute atomic E-state index is 0.0394. The van der Waals surface area contributed by atoms with Gasteiger partial charge in [-0.2, -0.15) is 0 Å². The van der Waals surface area contributed by atoms with Crippen LogP contribution in [0, 0.1) is 0 Å². The van der Waals surface area contributed by atoms with Crippen molar-refractivity contribution in [1.29, 1.82) is 0 Å². The number of aliphatic hydroxyl groups is 2. The molecule has 5 nitrogen and oxygen atoms in total. The van der Waals surface area contributed by atoms with Crippen LogP contribution in [0.4, 0.5) is 0 Å². The molecule has 1 aromatic carbocycles. The van der Waals surface area contributed by atoms with Gasteiger partial charge in [-0.15, -0.1) is 0 Å². The average molecular weight is 267 g/mol. The molecule has 5 heteroatoms. The Morgan fingerprint density at radius 2 is 1.95 bits per heavy atom. The summed E-state index contributed by atoms with van der Waals surface area (Å²) >= 11 is 0. The van der Waals surface area contributed by atoms with E-state index in [2.05, 4.69) is 5.32 Å². The van der Waals surface area contributed by atoms with Crippen LogP contribution in [-0.2, 0) is 9.53 Å². The van der Waals surface area contributed by atoms with Crippen molar-refractivity contribution in [2.75, 3.05) is 19.7 Å². The Morgan fingerprint density at radius 1 is 1.26 bits per heavy atom. The fourth-order valence-corrected chi connectivity index (χ4v) is 1.66. The predicted molar refractivity (Wildman–Crippen MR) is 71.5 cm³/mol. The van der Waals surface area contributed by atoms with Crippen molar-refractivity contribution in [2.45, 2.75) is 25.6 Å². The first kappa shape index (κ1) is 15.6. The highest BCUT2D eigenvalue weighted by molar-refractivity contribution is 5.69.